The third-order valence-corrected chi connectivity index (χ3v) is 15.7. The van der Waals surface area contributed by atoms with E-state index in [1.807, 2.05) is 0 Å². The van der Waals surface area contributed by atoms with E-state index in [1.165, 1.54) is 23.3 Å². The van der Waals surface area contributed by atoms with Crippen molar-refractivity contribution in [2.24, 2.45) is 5.11 Å². The van der Waals surface area contributed by atoms with E-state index in [0.717, 1.165) is 0 Å². The molecule has 19 N–H and O–H groups in total. The second kappa shape index (κ2) is 27.7. The Morgan fingerprint density at radius 2 is 0.566 bits per heavy atom. The Balaban J connectivity index is 1.02. The van der Waals surface area contributed by atoms with Gasteiger partial charge in [-0.15, -0.1) is 0 Å². The number of rotatable bonds is 9. The van der Waals surface area contributed by atoms with Gasteiger partial charge in [-0.3, -0.25) is 0 Å². The molecule has 0 spiro atoms. The molecule has 35 atom stereocenters. The van der Waals surface area contributed by atoms with Crippen LogP contribution in [0.3, 0.4) is 0 Å². The third kappa shape index (κ3) is 13.0. The molecule has 21 saturated heterocycles. The van der Waals surface area contributed by atoms with E-state index in [2.05, 4.69) is 15.0 Å². The van der Waals surface area contributed by atoms with Crippen molar-refractivity contribution in [1.29, 1.82) is 0 Å². The van der Waals surface area contributed by atoms with Gasteiger partial charge >= 0.3 is 0 Å². The Labute approximate surface area is 467 Å². The molecule has 22 rings (SSSR count). The quantitative estimate of drug-likeness (QED) is 0.0620. The highest BCUT2D eigenvalue weighted by atomic mass is 16.8. The van der Waals surface area contributed by atoms with E-state index >= 15 is 0 Å². The summed E-state index contributed by atoms with van der Waals surface area (Å²) >= 11 is 0. The Morgan fingerprint density at radius 3 is 0.795 bits per heavy atom. The molecular weight excluding hydrogens is 1140 g/mol. The molecule has 83 heavy (non-hydrogen) atoms. The van der Waals surface area contributed by atoms with Crippen LogP contribution in [0.5, 0.6) is 0 Å². The number of imidazole rings is 1. The Morgan fingerprint density at radius 1 is 0.337 bits per heavy atom. The average Bonchev–Trinajstić information content (AvgIpc) is 3.70. The number of hydrogen-bond donors (Lipinski definition) is 19. The molecule has 22 heterocycles. The minimum atomic E-state index is -2.22. The molecule has 0 aromatic carbocycles. The van der Waals surface area contributed by atoms with Crippen LogP contribution < -0.4 is 0 Å². The highest BCUT2D eigenvalue weighted by Gasteiger charge is 2.59. The summed E-state index contributed by atoms with van der Waals surface area (Å²) in [6, 6.07) is 0. The molecule has 21 fully saturated rings. The molecule has 38 heteroatoms. The lowest BCUT2D eigenvalue weighted by atomic mass is 9.95. The van der Waals surface area contributed by atoms with Crippen LogP contribution in [0.2, 0.25) is 0 Å². The molecule has 1 aromatic rings. The van der Waals surface area contributed by atoms with E-state index in [-0.39, 0.29) is 6.54 Å². The molecule has 0 aliphatic carbocycles. The fourth-order valence-corrected chi connectivity index (χ4v) is 11.1. The van der Waals surface area contributed by atoms with Gasteiger partial charge in [0.05, 0.1) is 58.6 Å². The van der Waals surface area contributed by atoms with Crippen molar-refractivity contribution in [3.8, 4) is 0 Å². The van der Waals surface area contributed by atoms with E-state index in [1.54, 1.807) is 0 Å². The molecule has 0 amide bonds. The van der Waals surface area contributed by atoms with Crippen molar-refractivity contribution in [3.05, 3.63) is 29.2 Å². The van der Waals surface area contributed by atoms with E-state index < -0.39 is 255 Å². The van der Waals surface area contributed by atoms with Crippen molar-refractivity contribution in [2.45, 2.75) is 221 Å². The molecule has 0 saturated carbocycles. The lowest BCUT2D eigenvalue weighted by molar-refractivity contribution is -0.396. The van der Waals surface area contributed by atoms with Gasteiger partial charge in [0.2, 0.25) is 0 Å². The topological polar surface area (TPSA) is 580 Å². The minimum absolute atomic E-state index is 0.298. The summed E-state index contributed by atoms with van der Waals surface area (Å²) in [4.78, 5) is 6.66. The number of aromatic nitrogens is 2. The fraction of sp³-hybridized carbons (Fsp3) is 0.933. The maximum absolute atomic E-state index is 11.8. The Hall–Kier alpha value is -2.80. The SMILES string of the molecule is [N-]=[N+]=NC[C@H]1O[C@@H]2O[C@H]3[C@H](O)[C@@H](O)[C@@H](O[C@H]4[C@H](O)[C@@H](O)[C@@H](O[C@H]5[C@H](O)[C@@H](O)[C@@H](O[C@H]6[C@H](O)[C@@H](O)[C@@H](O[C@H]7[C@H](O)[C@@H](O)[C@@H](O[C@H]8[C@H](O)[C@@H](O)[C@@H](O[C@H]1[C@H](O)[C@H]2O)O[C@@H]8Cn1ccnc1)O[C@@H]7CO)O[C@@H]6CO)O[C@@H]5CO)O[C@@H]4CO)O[C@@H]3CO. The van der Waals surface area contributed by atoms with Gasteiger partial charge in [-0.05, 0) is 5.53 Å². The molecule has 0 unspecified atom stereocenters. The van der Waals surface area contributed by atoms with Gasteiger partial charge in [0, 0.05) is 17.3 Å². The molecule has 0 radical (unpaired) electrons. The molecule has 21 aliphatic heterocycles. The Kier molecular flexibility index (Phi) is 21.6. The van der Waals surface area contributed by atoms with Crippen LogP contribution in [0.4, 0.5) is 0 Å². The standard InChI is InChI=1S/C45H71N5O33/c46-49-48-3-11-32-18(56)25(63)39(70-11)79-34-13(5-51)73-42(28(66)21(34)59)81-36-15(7-53)75-44(30(68)23(36)61)83-38-17(9-55)76-45(31(69)24(38)62)82-37-16(8-54)74-43(29(67)22(37)60)80-35-14(6-52)72-41(27(65)20(35)58)78-33-12(4-50-2-1-47-10-50)71-40(77-32)26(64)19(33)57/h1-2,10-45,51-69H,3-9H2/t11-,12-,13-,14-,15-,16-,17-,18-,19-,20-,21-,22-,23-,24-,25-,26-,27-,28-,29-,30-,31-,32-,33-,34-,35-,36-,37-,38-,39-,40-,41-,42-,43-,44-,45-/m1/s1. The van der Waals surface area contributed by atoms with Crippen molar-refractivity contribution >= 4 is 0 Å². The highest BCUT2D eigenvalue weighted by molar-refractivity contribution is 5.02. The van der Waals surface area contributed by atoms with Gasteiger partial charge in [0.25, 0.3) is 0 Å². The number of aliphatic hydroxyl groups excluding tert-OH is 19. The van der Waals surface area contributed by atoms with Crippen LogP contribution in [-0.4, -0.2) is 361 Å². The third-order valence-electron chi connectivity index (χ3n) is 15.7. The lowest BCUT2D eigenvalue weighted by Gasteiger charge is -2.50. The molecule has 474 valence electrons. The van der Waals surface area contributed by atoms with Gasteiger partial charge in [0.1, 0.15) is 165 Å². The van der Waals surface area contributed by atoms with Gasteiger partial charge in [0.15, 0.2) is 44.0 Å². The van der Waals surface area contributed by atoms with Crippen LogP contribution in [-0.2, 0) is 72.9 Å². The van der Waals surface area contributed by atoms with E-state index in [9.17, 15) is 103 Å². The van der Waals surface area contributed by atoms with Crippen LogP contribution in [0.25, 0.3) is 10.4 Å². The monoisotopic (exact) mass is 1210 g/mol. The fourth-order valence-electron chi connectivity index (χ4n) is 11.1. The zero-order valence-corrected chi connectivity index (χ0v) is 43.3. The summed E-state index contributed by atoms with van der Waals surface area (Å²) in [5.74, 6) is 0. The summed E-state index contributed by atoms with van der Waals surface area (Å²) in [6.45, 7) is -6.25. The van der Waals surface area contributed by atoms with Crippen LogP contribution in [0, 0.1) is 0 Å². The van der Waals surface area contributed by atoms with Crippen LogP contribution in [0.15, 0.2) is 23.8 Å². The summed E-state index contributed by atoms with van der Waals surface area (Å²) in [7, 11) is 0. The maximum atomic E-state index is 11.8. The van der Waals surface area contributed by atoms with Crippen molar-refractivity contribution in [3.63, 3.8) is 0 Å². The highest BCUT2D eigenvalue weighted by Crippen LogP contribution is 2.39. The zero-order chi connectivity index (χ0) is 59.9. The normalized spacial score (nSPS) is 52.1. The smallest absolute Gasteiger partial charge is 0.187 e. The minimum Gasteiger partial charge on any atom is -0.394 e. The maximum Gasteiger partial charge on any atom is 0.187 e. The molecule has 38 nitrogen and oxygen atoms in total. The second-order valence-corrected chi connectivity index (χ2v) is 21.0. The first-order valence-electron chi connectivity index (χ1n) is 26.4. The summed E-state index contributed by atoms with van der Waals surface area (Å²) in [5.41, 5.74) is 9.30. The van der Waals surface area contributed by atoms with E-state index in [0.29, 0.717) is 0 Å². The predicted molar refractivity (Wildman–Crippen MR) is 251 cm³/mol. The first-order chi connectivity index (χ1) is 39.7. The number of ether oxygens (including phenoxy) is 14. The zero-order valence-electron chi connectivity index (χ0n) is 43.3. The van der Waals surface area contributed by atoms with Crippen LogP contribution >= 0.6 is 0 Å². The van der Waals surface area contributed by atoms with Crippen molar-refractivity contribution in [2.75, 3.05) is 39.6 Å². The average molecular weight is 1210 g/mol. The second-order valence-electron chi connectivity index (χ2n) is 21.0. The summed E-state index contributed by atoms with van der Waals surface area (Å²) < 4.78 is 82.8. The first-order valence-corrected chi connectivity index (χ1v) is 26.4. The van der Waals surface area contributed by atoms with Gasteiger partial charge in [-0.25, -0.2) is 4.98 Å². The van der Waals surface area contributed by atoms with Crippen LogP contribution in [0.1, 0.15) is 0 Å². The van der Waals surface area contributed by atoms with Gasteiger partial charge in [-0.2, -0.15) is 0 Å². The molecule has 1 aromatic heterocycles. The molecular formula is C45H71N5O33. The molecule has 14 bridgehead atoms. The number of aliphatic hydroxyl groups is 19. The van der Waals surface area contributed by atoms with E-state index in [4.69, 9.17) is 66.3 Å². The summed E-state index contributed by atoms with van der Waals surface area (Å²) in [5, 5.41) is 216. The largest absolute Gasteiger partial charge is 0.394 e. The number of hydrogen-bond acceptors (Lipinski definition) is 35. The summed E-state index contributed by atoms with van der Waals surface area (Å²) in [6.07, 6.45) is -65.6. The predicted octanol–water partition coefficient (Wildman–Crippen LogP) is -13.0. The number of azide groups is 1. The lowest BCUT2D eigenvalue weighted by Crippen LogP contribution is -2.68. The Bertz CT molecular complexity index is 2230. The molecule has 21 aliphatic rings. The van der Waals surface area contributed by atoms with Gasteiger partial charge < -0.3 is 168 Å². The number of nitrogens with zero attached hydrogens (tertiary/aromatic N) is 5. The van der Waals surface area contributed by atoms with Crippen molar-refractivity contribution < 1.29 is 163 Å². The van der Waals surface area contributed by atoms with Crippen molar-refractivity contribution in [1.82, 2.24) is 9.55 Å². The first kappa shape index (κ1) is 64.7. The van der Waals surface area contributed by atoms with Gasteiger partial charge in [-0.1, -0.05) is 5.11 Å².